The average Bonchev–Trinajstić information content (AvgIpc) is 2.76. The molecule has 12 heteroatoms. The van der Waals surface area contributed by atoms with E-state index in [1.54, 1.807) is 41.5 Å². The molecule has 0 saturated carbocycles. The molecular formula is C25H36F2N4O6. The molecule has 37 heavy (non-hydrogen) atoms. The highest BCUT2D eigenvalue weighted by Gasteiger charge is 2.30. The average molecular weight is 527 g/mol. The Morgan fingerprint density at radius 3 is 1.92 bits per heavy atom. The van der Waals surface area contributed by atoms with Gasteiger partial charge in [0.25, 0.3) is 0 Å². The molecule has 2 fully saturated rings. The summed E-state index contributed by atoms with van der Waals surface area (Å²) in [6.07, 6.45) is -0.953. The van der Waals surface area contributed by atoms with Crippen LogP contribution in [0.4, 0.5) is 18.4 Å². The quantitative estimate of drug-likeness (QED) is 0.635. The van der Waals surface area contributed by atoms with Crippen LogP contribution in [0.5, 0.6) is 0 Å². The number of nitrogens with one attached hydrogen (secondary N) is 1. The maximum atomic E-state index is 13.2. The molecule has 0 spiro atoms. The van der Waals surface area contributed by atoms with Crippen molar-refractivity contribution in [2.75, 3.05) is 39.3 Å². The van der Waals surface area contributed by atoms with E-state index in [0.29, 0.717) is 31.7 Å². The van der Waals surface area contributed by atoms with Crippen molar-refractivity contribution >= 4 is 24.0 Å². The summed E-state index contributed by atoms with van der Waals surface area (Å²) in [4.78, 5) is 50.8. The van der Waals surface area contributed by atoms with Gasteiger partial charge in [-0.1, -0.05) is 6.07 Å². The van der Waals surface area contributed by atoms with E-state index in [1.165, 1.54) is 20.8 Å². The van der Waals surface area contributed by atoms with Crippen molar-refractivity contribution in [1.29, 1.82) is 0 Å². The van der Waals surface area contributed by atoms with Gasteiger partial charge >= 0.3 is 12.2 Å². The standard InChI is InChI=1S/C16H20F2N2O3.C9H16N2O3/c1-16(2,3)23-15(22)20-7-6-19(14(21)10-20)9-11-4-5-12(17)13(18)8-11;1-9(2,3)14-8(13)11-5-4-10-7(12)6-11/h4-5,8H,6-7,9-10H2,1-3H3;4-6H2,1-3H3,(H,10,12). The highest BCUT2D eigenvalue weighted by atomic mass is 19.2. The van der Waals surface area contributed by atoms with Crippen molar-refractivity contribution < 1.29 is 37.4 Å². The number of hydrogen-bond acceptors (Lipinski definition) is 6. The first-order chi connectivity index (χ1) is 17.0. The molecule has 10 nitrogen and oxygen atoms in total. The van der Waals surface area contributed by atoms with Gasteiger partial charge in [0.1, 0.15) is 24.3 Å². The smallest absolute Gasteiger partial charge is 0.410 e. The number of hydrogen-bond donors (Lipinski definition) is 1. The zero-order valence-corrected chi connectivity index (χ0v) is 22.2. The minimum atomic E-state index is -0.942. The van der Waals surface area contributed by atoms with Crippen molar-refractivity contribution in [2.24, 2.45) is 0 Å². The monoisotopic (exact) mass is 526 g/mol. The van der Waals surface area contributed by atoms with Crippen molar-refractivity contribution in [3.63, 3.8) is 0 Å². The van der Waals surface area contributed by atoms with Gasteiger partial charge in [0.15, 0.2) is 11.6 Å². The third-order valence-electron chi connectivity index (χ3n) is 5.02. The maximum absolute atomic E-state index is 13.2. The minimum absolute atomic E-state index is 0.0847. The summed E-state index contributed by atoms with van der Waals surface area (Å²) < 4.78 is 36.5. The molecule has 0 aliphatic carbocycles. The van der Waals surface area contributed by atoms with E-state index in [-0.39, 0.29) is 31.4 Å². The fourth-order valence-electron chi connectivity index (χ4n) is 3.34. The SMILES string of the molecule is CC(C)(C)OC(=O)N1CCN(Cc2ccc(F)c(F)c2)C(=O)C1.CC(C)(C)OC(=O)N1CCNC(=O)C1. The molecule has 2 saturated heterocycles. The van der Waals surface area contributed by atoms with Crippen LogP contribution in [0.1, 0.15) is 47.1 Å². The fourth-order valence-corrected chi connectivity index (χ4v) is 3.34. The molecule has 4 amide bonds. The molecule has 1 aromatic carbocycles. The number of carbonyl (C=O) groups is 4. The van der Waals surface area contributed by atoms with Gasteiger partial charge in [0.2, 0.25) is 11.8 Å². The second kappa shape index (κ2) is 12.2. The number of amides is 4. The summed E-state index contributed by atoms with van der Waals surface area (Å²) in [5, 5.41) is 2.64. The van der Waals surface area contributed by atoms with E-state index in [1.807, 2.05) is 0 Å². The lowest BCUT2D eigenvalue weighted by Crippen LogP contribution is -2.52. The maximum Gasteiger partial charge on any atom is 0.410 e. The van der Waals surface area contributed by atoms with E-state index in [9.17, 15) is 28.0 Å². The van der Waals surface area contributed by atoms with Gasteiger partial charge in [-0.2, -0.15) is 0 Å². The van der Waals surface area contributed by atoms with Crippen molar-refractivity contribution in [3.05, 3.63) is 35.4 Å². The Morgan fingerprint density at radius 1 is 0.865 bits per heavy atom. The Labute approximate surface area is 215 Å². The van der Waals surface area contributed by atoms with Crippen LogP contribution < -0.4 is 5.32 Å². The summed E-state index contributed by atoms with van der Waals surface area (Å²) in [6, 6.07) is 3.54. The first-order valence-electron chi connectivity index (χ1n) is 12.0. The van der Waals surface area contributed by atoms with Crippen LogP contribution in [0.25, 0.3) is 0 Å². The summed E-state index contributed by atoms with van der Waals surface area (Å²) in [7, 11) is 0. The summed E-state index contributed by atoms with van der Waals surface area (Å²) >= 11 is 0. The molecule has 0 bridgehead atoms. The Hall–Kier alpha value is -3.44. The predicted molar refractivity (Wildman–Crippen MR) is 130 cm³/mol. The molecule has 1 N–H and O–H groups in total. The molecule has 1 aromatic rings. The minimum Gasteiger partial charge on any atom is -0.444 e. The van der Waals surface area contributed by atoms with Crippen LogP contribution in [-0.2, 0) is 25.6 Å². The lowest BCUT2D eigenvalue weighted by molar-refractivity contribution is -0.136. The molecule has 2 heterocycles. The van der Waals surface area contributed by atoms with E-state index in [0.717, 1.165) is 12.1 Å². The first kappa shape index (κ1) is 29.8. The molecule has 2 aliphatic heterocycles. The molecule has 0 radical (unpaired) electrons. The van der Waals surface area contributed by atoms with E-state index < -0.39 is 35.0 Å². The van der Waals surface area contributed by atoms with Crippen LogP contribution in [0, 0.1) is 11.6 Å². The Morgan fingerprint density at radius 2 is 1.43 bits per heavy atom. The summed E-state index contributed by atoms with van der Waals surface area (Å²) in [5.41, 5.74) is -0.628. The lowest BCUT2D eigenvalue weighted by Gasteiger charge is -2.35. The topological polar surface area (TPSA) is 108 Å². The number of rotatable bonds is 2. The van der Waals surface area contributed by atoms with E-state index in [4.69, 9.17) is 9.47 Å². The fraction of sp³-hybridized carbons (Fsp3) is 0.600. The number of piperazine rings is 2. The Kier molecular flexibility index (Phi) is 9.82. The summed E-state index contributed by atoms with van der Waals surface area (Å²) in [5.74, 6) is -2.26. The molecule has 2 aliphatic rings. The van der Waals surface area contributed by atoms with Gasteiger partial charge in [-0.15, -0.1) is 0 Å². The van der Waals surface area contributed by atoms with Gasteiger partial charge in [0.05, 0.1) is 0 Å². The summed E-state index contributed by atoms with van der Waals surface area (Å²) in [6.45, 7) is 12.5. The highest BCUT2D eigenvalue weighted by molar-refractivity contribution is 5.84. The van der Waals surface area contributed by atoms with Gasteiger partial charge in [-0.05, 0) is 59.2 Å². The van der Waals surface area contributed by atoms with Crippen molar-refractivity contribution in [2.45, 2.75) is 59.3 Å². The largest absolute Gasteiger partial charge is 0.444 e. The second-order valence-corrected chi connectivity index (χ2v) is 10.7. The van der Waals surface area contributed by atoms with Crippen LogP contribution >= 0.6 is 0 Å². The van der Waals surface area contributed by atoms with E-state index >= 15 is 0 Å². The van der Waals surface area contributed by atoms with Crippen LogP contribution in [0.3, 0.4) is 0 Å². The Bertz CT molecular complexity index is 1010. The second-order valence-electron chi connectivity index (χ2n) is 10.7. The third kappa shape index (κ3) is 10.2. The third-order valence-corrected chi connectivity index (χ3v) is 5.02. The van der Waals surface area contributed by atoms with Gasteiger partial charge < -0.3 is 19.7 Å². The van der Waals surface area contributed by atoms with Crippen LogP contribution in [0.15, 0.2) is 18.2 Å². The molecule has 0 aromatic heterocycles. The zero-order chi connectivity index (χ0) is 28.0. The molecular weight excluding hydrogens is 490 g/mol. The van der Waals surface area contributed by atoms with Gasteiger partial charge in [0, 0.05) is 32.7 Å². The zero-order valence-electron chi connectivity index (χ0n) is 22.2. The normalized spacial score (nSPS) is 16.5. The number of carbonyl (C=O) groups excluding carboxylic acids is 4. The number of benzene rings is 1. The molecule has 206 valence electrons. The predicted octanol–water partition coefficient (Wildman–Crippen LogP) is 2.90. The highest BCUT2D eigenvalue weighted by Crippen LogP contribution is 2.16. The molecule has 0 atom stereocenters. The van der Waals surface area contributed by atoms with Gasteiger partial charge in [-0.3, -0.25) is 19.4 Å². The first-order valence-corrected chi connectivity index (χ1v) is 12.0. The Balaban J connectivity index is 0.000000294. The van der Waals surface area contributed by atoms with Crippen LogP contribution in [0.2, 0.25) is 0 Å². The van der Waals surface area contributed by atoms with E-state index in [2.05, 4.69) is 5.32 Å². The van der Waals surface area contributed by atoms with Crippen LogP contribution in [-0.4, -0.2) is 89.2 Å². The number of ether oxygens (including phenoxy) is 2. The lowest BCUT2D eigenvalue weighted by atomic mass is 10.2. The molecule has 3 rings (SSSR count). The van der Waals surface area contributed by atoms with Crippen molar-refractivity contribution in [1.82, 2.24) is 20.0 Å². The molecule has 0 unspecified atom stereocenters. The number of nitrogens with zero attached hydrogens (tertiary/aromatic N) is 3. The van der Waals surface area contributed by atoms with Gasteiger partial charge in [-0.25, -0.2) is 18.4 Å². The van der Waals surface area contributed by atoms with Crippen molar-refractivity contribution in [3.8, 4) is 0 Å². The number of halogens is 2.